The van der Waals surface area contributed by atoms with Crippen molar-refractivity contribution in [2.75, 3.05) is 19.6 Å². The number of nitrogens with zero attached hydrogens (tertiary/aromatic N) is 1. The van der Waals surface area contributed by atoms with Crippen LogP contribution in [0.5, 0.6) is 0 Å². The van der Waals surface area contributed by atoms with Crippen molar-refractivity contribution in [3.8, 4) is 0 Å². The van der Waals surface area contributed by atoms with Gasteiger partial charge in [-0.05, 0) is 6.42 Å². The molecule has 0 bridgehead atoms. The molecule has 3 nitrogen and oxygen atoms in total. The molecule has 2 fully saturated rings. The van der Waals surface area contributed by atoms with Crippen LogP contribution in [0.4, 0.5) is 0 Å². The van der Waals surface area contributed by atoms with E-state index in [0.717, 1.165) is 39.0 Å². The topological polar surface area (TPSA) is 24.8 Å². The molecule has 2 saturated heterocycles. The van der Waals surface area contributed by atoms with Gasteiger partial charge in [-0.15, -0.1) is 0 Å². The molecule has 1 N–H and O–H groups in total. The van der Waals surface area contributed by atoms with Gasteiger partial charge in [0.2, 0.25) is 5.91 Å². The van der Waals surface area contributed by atoms with E-state index in [9.17, 15) is 4.79 Å². The van der Waals surface area contributed by atoms with Crippen molar-refractivity contribution in [3.05, 3.63) is 35.9 Å². The number of quaternary nitrogens is 1. The van der Waals surface area contributed by atoms with Gasteiger partial charge in [0, 0.05) is 12.0 Å². The fourth-order valence-corrected chi connectivity index (χ4v) is 3.07. The molecule has 98 valence electrons. The molecular weight excluding hydrogens is 248 g/mol. The zero-order valence-corrected chi connectivity index (χ0v) is 11.2. The highest BCUT2D eigenvalue weighted by Gasteiger charge is 2.37. The Morgan fingerprint density at radius 2 is 2.06 bits per heavy atom. The first-order valence-corrected chi connectivity index (χ1v) is 6.50. The molecule has 0 aliphatic carbocycles. The van der Waals surface area contributed by atoms with Crippen LogP contribution in [0.1, 0.15) is 18.4 Å². The van der Waals surface area contributed by atoms with Gasteiger partial charge in [-0.25, -0.2) is 0 Å². The molecule has 2 atom stereocenters. The van der Waals surface area contributed by atoms with Crippen molar-refractivity contribution in [1.29, 1.82) is 0 Å². The minimum absolute atomic E-state index is 0. The Morgan fingerprint density at radius 1 is 1.28 bits per heavy atom. The monoisotopic (exact) mass is 266 g/mol. The van der Waals surface area contributed by atoms with Crippen molar-refractivity contribution in [2.45, 2.75) is 25.4 Å². The third kappa shape index (κ3) is 2.68. The Kier molecular flexibility index (Phi) is 4.25. The molecule has 0 saturated carbocycles. The minimum Gasteiger partial charge on any atom is -1.00 e. The maximum absolute atomic E-state index is 11.6. The molecule has 1 aromatic carbocycles. The van der Waals surface area contributed by atoms with Gasteiger partial charge in [0.25, 0.3) is 0 Å². The van der Waals surface area contributed by atoms with Gasteiger partial charge in [0.15, 0.2) is 0 Å². The molecule has 0 radical (unpaired) electrons. The number of halogens is 1. The molecule has 1 aromatic rings. The van der Waals surface area contributed by atoms with E-state index in [1.165, 1.54) is 5.56 Å². The smallest absolute Gasteiger partial charge is 0.223 e. The number of carbonyl (C=O) groups excluding carboxylic acids is 1. The van der Waals surface area contributed by atoms with Crippen molar-refractivity contribution < 1.29 is 22.1 Å². The van der Waals surface area contributed by atoms with Gasteiger partial charge in [0.05, 0.1) is 25.7 Å². The molecular formula is C14H19ClN2O. The van der Waals surface area contributed by atoms with Gasteiger partial charge in [-0.3, -0.25) is 4.79 Å². The molecule has 4 heteroatoms. The fraction of sp³-hybridized carbons (Fsp3) is 0.500. The highest BCUT2D eigenvalue weighted by atomic mass is 35.5. The second kappa shape index (κ2) is 5.72. The van der Waals surface area contributed by atoms with E-state index in [1.54, 1.807) is 4.90 Å². The van der Waals surface area contributed by atoms with Gasteiger partial charge in [0.1, 0.15) is 6.54 Å². The summed E-state index contributed by atoms with van der Waals surface area (Å²) < 4.78 is 0. The van der Waals surface area contributed by atoms with Crippen molar-refractivity contribution >= 4 is 5.91 Å². The molecule has 3 rings (SSSR count). The number of hydrogen-bond donors (Lipinski definition) is 1. The van der Waals surface area contributed by atoms with E-state index in [0.29, 0.717) is 11.9 Å². The van der Waals surface area contributed by atoms with Crippen LogP contribution in [-0.2, 0) is 11.3 Å². The van der Waals surface area contributed by atoms with Crippen molar-refractivity contribution in [3.63, 3.8) is 0 Å². The highest BCUT2D eigenvalue weighted by Crippen LogP contribution is 2.18. The predicted octanol–water partition coefficient (Wildman–Crippen LogP) is -2.92. The van der Waals surface area contributed by atoms with Crippen molar-refractivity contribution in [2.24, 2.45) is 0 Å². The van der Waals surface area contributed by atoms with Crippen LogP contribution >= 0.6 is 0 Å². The second-order valence-electron chi connectivity index (χ2n) is 5.15. The first-order valence-electron chi connectivity index (χ1n) is 6.50. The maximum Gasteiger partial charge on any atom is 0.223 e. The number of carbonyl (C=O) groups is 1. The summed E-state index contributed by atoms with van der Waals surface area (Å²) in [5.41, 5.74) is 1.40. The lowest BCUT2D eigenvalue weighted by Gasteiger charge is -2.34. The fourth-order valence-electron chi connectivity index (χ4n) is 3.07. The Hall–Kier alpha value is -1.06. The van der Waals surface area contributed by atoms with Crippen LogP contribution in [0.2, 0.25) is 0 Å². The summed E-state index contributed by atoms with van der Waals surface area (Å²) >= 11 is 0. The van der Waals surface area contributed by atoms with E-state index in [1.807, 2.05) is 0 Å². The number of nitrogens with one attached hydrogen (secondary N) is 1. The first kappa shape index (κ1) is 13.4. The van der Waals surface area contributed by atoms with Gasteiger partial charge < -0.3 is 22.2 Å². The standard InChI is InChI=1S/C14H18N2O.ClH/c17-14-7-6-13-11-15(8-9-16(13)14)10-12-4-2-1-3-5-12;/h1-5,13H,6-11H2;1H. The van der Waals surface area contributed by atoms with Gasteiger partial charge >= 0.3 is 0 Å². The van der Waals surface area contributed by atoms with E-state index >= 15 is 0 Å². The number of fused-ring (bicyclic) bond motifs is 1. The summed E-state index contributed by atoms with van der Waals surface area (Å²) in [6.45, 7) is 4.27. The second-order valence-corrected chi connectivity index (χ2v) is 5.15. The molecule has 2 heterocycles. The van der Waals surface area contributed by atoms with Crippen LogP contribution in [-0.4, -0.2) is 36.5 Å². The normalized spacial score (nSPS) is 26.7. The number of benzene rings is 1. The maximum atomic E-state index is 11.6. The molecule has 2 aliphatic rings. The third-order valence-corrected chi connectivity index (χ3v) is 3.98. The van der Waals surface area contributed by atoms with E-state index in [-0.39, 0.29) is 12.4 Å². The van der Waals surface area contributed by atoms with Crippen LogP contribution < -0.4 is 17.3 Å². The Balaban J connectivity index is 0.00000120. The molecule has 0 aromatic heterocycles. The van der Waals surface area contributed by atoms with Crippen LogP contribution in [0.15, 0.2) is 30.3 Å². The van der Waals surface area contributed by atoms with E-state index in [4.69, 9.17) is 0 Å². The van der Waals surface area contributed by atoms with Crippen LogP contribution in [0.3, 0.4) is 0 Å². The Morgan fingerprint density at radius 3 is 2.83 bits per heavy atom. The lowest BCUT2D eigenvalue weighted by atomic mass is 10.1. The average molecular weight is 267 g/mol. The Bertz CT molecular complexity index is 410. The summed E-state index contributed by atoms with van der Waals surface area (Å²) in [6, 6.07) is 11.2. The largest absolute Gasteiger partial charge is 1.00 e. The number of hydrogen-bond acceptors (Lipinski definition) is 1. The lowest BCUT2D eigenvalue weighted by molar-refractivity contribution is -0.920. The van der Waals surface area contributed by atoms with Crippen LogP contribution in [0, 0.1) is 0 Å². The Labute approximate surface area is 114 Å². The highest BCUT2D eigenvalue weighted by molar-refractivity contribution is 5.78. The zero-order valence-electron chi connectivity index (χ0n) is 10.4. The lowest BCUT2D eigenvalue weighted by Crippen LogP contribution is -3.14. The number of rotatable bonds is 2. The molecule has 2 aliphatic heterocycles. The molecule has 1 amide bonds. The minimum atomic E-state index is 0. The van der Waals surface area contributed by atoms with Crippen molar-refractivity contribution in [1.82, 2.24) is 4.90 Å². The van der Waals surface area contributed by atoms with Crippen LogP contribution in [0.25, 0.3) is 0 Å². The third-order valence-electron chi connectivity index (χ3n) is 3.98. The number of amides is 1. The summed E-state index contributed by atoms with van der Waals surface area (Å²) in [5.74, 6) is 0.369. The van der Waals surface area contributed by atoms with E-state index < -0.39 is 0 Å². The summed E-state index contributed by atoms with van der Waals surface area (Å²) in [5, 5.41) is 0. The van der Waals surface area contributed by atoms with Gasteiger partial charge in [-0.2, -0.15) is 0 Å². The molecule has 18 heavy (non-hydrogen) atoms. The van der Waals surface area contributed by atoms with Gasteiger partial charge in [-0.1, -0.05) is 30.3 Å². The molecule has 2 unspecified atom stereocenters. The summed E-state index contributed by atoms with van der Waals surface area (Å²) in [7, 11) is 0. The molecule has 0 spiro atoms. The quantitative estimate of drug-likeness (QED) is 0.610. The summed E-state index contributed by atoms with van der Waals surface area (Å²) in [6.07, 6.45) is 1.83. The SMILES string of the molecule is O=C1CCC2C[NH+](Cc3ccccc3)CCN12.[Cl-]. The first-order chi connectivity index (χ1) is 8.33. The predicted molar refractivity (Wildman–Crippen MR) is 65.6 cm³/mol. The van der Waals surface area contributed by atoms with E-state index in [2.05, 4.69) is 35.2 Å². The average Bonchev–Trinajstić information content (AvgIpc) is 2.72. The number of piperazine rings is 1. The summed E-state index contributed by atoms with van der Waals surface area (Å²) in [4.78, 5) is 15.3. The zero-order chi connectivity index (χ0) is 11.7.